The summed E-state index contributed by atoms with van der Waals surface area (Å²) in [6, 6.07) is 6.32. The van der Waals surface area contributed by atoms with Gasteiger partial charge in [-0.25, -0.2) is 4.98 Å². The number of rotatable bonds is 4. The second-order valence-corrected chi connectivity index (χ2v) is 4.77. The van der Waals surface area contributed by atoms with Crippen LogP contribution in [0.25, 0.3) is 11.0 Å². The zero-order valence-electron chi connectivity index (χ0n) is 9.83. The average Bonchev–Trinajstić information content (AvgIpc) is 2.65. The molecule has 0 amide bonds. The summed E-state index contributed by atoms with van der Waals surface area (Å²) in [6.45, 7) is 4.50. The molecule has 16 heavy (non-hydrogen) atoms. The van der Waals surface area contributed by atoms with Gasteiger partial charge in [-0.15, -0.1) is 12.6 Å². The van der Waals surface area contributed by atoms with Crippen LogP contribution in [0.5, 0.6) is 0 Å². The summed E-state index contributed by atoms with van der Waals surface area (Å²) in [5, 5.41) is 0.699. The van der Waals surface area contributed by atoms with Gasteiger partial charge >= 0.3 is 0 Å². The average molecular weight is 234 g/mol. The Kier molecular flexibility index (Phi) is 3.54. The normalized spacial score (nSPS) is 13.2. The Balaban J connectivity index is 2.35. The number of hydrogen-bond acceptors (Lipinski definition) is 2. The summed E-state index contributed by atoms with van der Waals surface area (Å²) < 4.78 is 0. The molecule has 0 aliphatic rings. The molecule has 1 aromatic carbocycles. The molecule has 1 N–H and O–H groups in total. The minimum absolute atomic E-state index is 0.569. The van der Waals surface area contributed by atoms with Crippen molar-refractivity contribution in [1.29, 1.82) is 0 Å². The van der Waals surface area contributed by atoms with E-state index >= 15 is 0 Å². The number of thiol groups is 1. The highest BCUT2D eigenvalue weighted by Gasteiger charge is 2.11. The lowest BCUT2D eigenvalue weighted by Crippen LogP contribution is -1.94. The third kappa shape index (κ3) is 2.24. The van der Waals surface area contributed by atoms with Gasteiger partial charge in [0.2, 0.25) is 0 Å². The number of aromatic nitrogens is 2. The fourth-order valence-electron chi connectivity index (χ4n) is 2.10. The number of nitrogens with one attached hydrogen (secondary N) is 1. The molecular formula is C13H18N2S. The second kappa shape index (κ2) is 4.91. The van der Waals surface area contributed by atoms with Gasteiger partial charge in [-0.2, -0.15) is 0 Å². The third-order valence-electron chi connectivity index (χ3n) is 3.05. The number of unbranched alkanes of at least 4 members (excludes halogenated alkanes) is 1. The number of imidazole rings is 1. The molecule has 2 nitrogen and oxygen atoms in total. The molecule has 3 heteroatoms. The molecule has 0 saturated carbocycles. The topological polar surface area (TPSA) is 28.7 Å². The summed E-state index contributed by atoms with van der Waals surface area (Å²) >= 11 is 4.26. The van der Waals surface area contributed by atoms with Gasteiger partial charge in [0.1, 0.15) is 0 Å². The van der Waals surface area contributed by atoms with Gasteiger partial charge in [0.05, 0.1) is 11.0 Å². The highest BCUT2D eigenvalue weighted by molar-refractivity contribution is 7.80. The fourth-order valence-corrected chi connectivity index (χ4v) is 2.33. The lowest BCUT2D eigenvalue weighted by Gasteiger charge is -2.11. The predicted octanol–water partition coefficient (Wildman–Crippen LogP) is 4.15. The second-order valence-electron chi connectivity index (χ2n) is 4.35. The Bertz CT molecular complexity index is 476. The van der Waals surface area contributed by atoms with Crippen LogP contribution < -0.4 is 0 Å². The van der Waals surface area contributed by atoms with E-state index in [2.05, 4.69) is 54.6 Å². The first-order valence-electron chi connectivity index (χ1n) is 5.90. The molecule has 0 fully saturated rings. The van der Waals surface area contributed by atoms with Gasteiger partial charge in [0, 0.05) is 0 Å². The molecule has 2 aromatic rings. The predicted molar refractivity (Wildman–Crippen MR) is 71.3 cm³/mol. The zero-order valence-corrected chi connectivity index (χ0v) is 10.7. The van der Waals surface area contributed by atoms with Crippen LogP contribution in [0.2, 0.25) is 0 Å². The highest BCUT2D eigenvalue weighted by atomic mass is 32.1. The Morgan fingerprint density at radius 2 is 2.25 bits per heavy atom. The van der Waals surface area contributed by atoms with Crippen LogP contribution in [0.15, 0.2) is 23.4 Å². The van der Waals surface area contributed by atoms with E-state index in [9.17, 15) is 0 Å². The fraction of sp³-hybridized carbons (Fsp3) is 0.462. The number of hydrogen-bond donors (Lipinski definition) is 2. The van der Waals surface area contributed by atoms with Crippen molar-refractivity contribution in [2.45, 2.75) is 44.2 Å². The molecule has 86 valence electrons. The van der Waals surface area contributed by atoms with E-state index in [4.69, 9.17) is 0 Å². The van der Waals surface area contributed by atoms with Crippen molar-refractivity contribution < 1.29 is 0 Å². The molecule has 1 heterocycles. The maximum atomic E-state index is 4.45. The van der Waals surface area contributed by atoms with E-state index in [0.29, 0.717) is 11.1 Å². The van der Waals surface area contributed by atoms with Crippen LogP contribution in [0.4, 0.5) is 0 Å². The molecular weight excluding hydrogens is 216 g/mol. The van der Waals surface area contributed by atoms with Gasteiger partial charge in [-0.3, -0.25) is 0 Å². The largest absolute Gasteiger partial charge is 0.333 e. The minimum atomic E-state index is 0.569. The molecule has 2 rings (SSSR count). The minimum Gasteiger partial charge on any atom is -0.333 e. The van der Waals surface area contributed by atoms with Gasteiger partial charge in [-0.05, 0) is 24.0 Å². The van der Waals surface area contributed by atoms with E-state index in [1.165, 1.54) is 24.8 Å². The first-order chi connectivity index (χ1) is 7.72. The van der Waals surface area contributed by atoms with E-state index in [-0.39, 0.29) is 0 Å². The van der Waals surface area contributed by atoms with Crippen molar-refractivity contribution in [3.63, 3.8) is 0 Å². The van der Waals surface area contributed by atoms with Crippen molar-refractivity contribution in [1.82, 2.24) is 9.97 Å². The van der Waals surface area contributed by atoms with Crippen LogP contribution in [-0.2, 0) is 0 Å². The molecule has 0 bridgehead atoms. The maximum Gasteiger partial charge on any atom is 0.163 e. The Morgan fingerprint density at radius 1 is 1.44 bits per heavy atom. The number of aromatic amines is 1. The molecule has 0 radical (unpaired) electrons. The van der Waals surface area contributed by atoms with Crippen LogP contribution in [0.3, 0.4) is 0 Å². The van der Waals surface area contributed by atoms with Crippen molar-refractivity contribution in [2.75, 3.05) is 0 Å². The monoisotopic (exact) mass is 234 g/mol. The standard InChI is InChI=1S/C13H18N2S/c1-3-4-6-9(2)10-7-5-8-11-12(10)15-13(16)14-11/h5,7-9H,3-4,6H2,1-2H3,(H2,14,15,16). The van der Waals surface area contributed by atoms with Gasteiger partial charge in [0.25, 0.3) is 0 Å². The smallest absolute Gasteiger partial charge is 0.163 e. The van der Waals surface area contributed by atoms with Crippen molar-refractivity contribution in [2.24, 2.45) is 0 Å². The number of para-hydroxylation sites is 1. The molecule has 0 aliphatic carbocycles. The lowest BCUT2D eigenvalue weighted by molar-refractivity contribution is 0.627. The summed E-state index contributed by atoms with van der Waals surface area (Å²) in [5.74, 6) is 0.569. The number of H-pyrrole nitrogens is 1. The SMILES string of the molecule is CCCCC(C)c1cccc2[nH]c(S)nc12. The number of fused-ring (bicyclic) bond motifs is 1. The third-order valence-corrected chi connectivity index (χ3v) is 3.26. The molecule has 0 saturated heterocycles. The van der Waals surface area contributed by atoms with Crippen molar-refractivity contribution in [3.8, 4) is 0 Å². The number of nitrogens with zero attached hydrogens (tertiary/aromatic N) is 1. The van der Waals surface area contributed by atoms with E-state index in [0.717, 1.165) is 11.0 Å². The van der Waals surface area contributed by atoms with Gasteiger partial charge in [0.15, 0.2) is 5.16 Å². The van der Waals surface area contributed by atoms with Crippen molar-refractivity contribution >= 4 is 23.7 Å². The summed E-state index contributed by atoms with van der Waals surface area (Å²) in [5.41, 5.74) is 3.50. The van der Waals surface area contributed by atoms with Gasteiger partial charge in [-0.1, -0.05) is 38.8 Å². The first-order valence-corrected chi connectivity index (χ1v) is 6.34. The van der Waals surface area contributed by atoms with E-state index < -0.39 is 0 Å². The number of benzene rings is 1. The van der Waals surface area contributed by atoms with Crippen LogP contribution in [-0.4, -0.2) is 9.97 Å². The van der Waals surface area contributed by atoms with E-state index in [1.54, 1.807) is 0 Å². The lowest BCUT2D eigenvalue weighted by atomic mass is 9.94. The Morgan fingerprint density at radius 3 is 3.00 bits per heavy atom. The Labute approximate surface area is 102 Å². The maximum absolute atomic E-state index is 4.45. The van der Waals surface area contributed by atoms with Crippen LogP contribution in [0.1, 0.15) is 44.6 Å². The zero-order chi connectivity index (χ0) is 11.5. The van der Waals surface area contributed by atoms with Crippen LogP contribution in [0, 0.1) is 0 Å². The summed E-state index contributed by atoms with van der Waals surface area (Å²) in [7, 11) is 0. The molecule has 0 spiro atoms. The quantitative estimate of drug-likeness (QED) is 0.765. The first kappa shape index (κ1) is 11.5. The summed E-state index contributed by atoms with van der Waals surface area (Å²) in [6.07, 6.45) is 3.75. The molecule has 1 aromatic heterocycles. The molecule has 0 aliphatic heterocycles. The molecule has 1 atom stereocenters. The Hall–Kier alpha value is -0.960. The van der Waals surface area contributed by atoms with Crippen molar-refractivity contribution in [3.05, 3.63) is 23.8 Å². The van der Waals surface area contributed by atoms with Gasteiger partial charge < -0.3 is 4.98 Å². The van der Waals surface area contributed by atoms with E-state index in [1.807, 2.05) is 0 Å². The van der Waals surface area contributed by atoms with Crippen LogP contribution >= 0.6 is 12.6 Å². The molecule has 1 unspecified atom stereocenters. The summed E-state index contributed by atoms with van der Waals surface area (Å²) in [4.78, 5) is 7.61. The highest BCUT2D eigenvalue weighted by Crippen LogP contribution is 2.28.